The van der Waals surface area contributed by atoms with E-state index in [1.165, 1.54) is 0 Å². The highest BCUT2D eigenvalue weighted by molar-refractivity contribution is 5.94. The molecule has 120 valence electrons. The van der Waals surface area contributed by atoms with Crippen molar-refractivity contribution in [3.8, 4) is 0 Å². The number of aliphatic carboxylic acids is 1. The lowest BCUT2D eigenvalue weighted by Gasteiger charge is -2.30. The second-order valence-corrected chi connectivity index (χ2v) is 5.84. The van der Waals surface area contributed by atoms with Crippen LogP contribution in [0.15, 0.2) is 43.0 Å². The van der Waals surface area contributed by atoms with E-state index < -0.39 is 5.97 Å². The molecule has 6 heteroatoms. The largest absolute Gasteiger partial charge is 0.481 e. The Kier molecular flexibility index (Phi) is 4.41. The molecule has 0 aliphatic carbocycles. The van der Waals surface area contributed by atoms with Gasteiger partial charge in [-0.15, -0.1) is 0 Å². The minimum Gasteiger partial charge on any atom is -0.481 e. The van der Waals surface area contributed by atoms with Crippen LogP contribution in [0.4, 0.5) is 0 Å². The molecule has 0 saturated carbocycles. The van der Waals surface area contributed by atoms with Gasteiger partial charge in [0.2, 0.25) is 0 Å². The maximum atomic E-state index is 12.5. The molecule has 1 aromatic carbocycles. The second-order valence-electron chi connectivity index (χ2n) is 5.84. The molecule has 1 aliphatic heterocycles. The number of carbonyl (C=O) groups is 2. The van der Waals surface area contributed by atoms with Gasteiger partial charge >= 0.3 is 5.97 Å². The van der Waals surface area contributed by atoms with E-state index in [0.717, 1.165) is 12.1 Å². The number of carbonyl (C=O) groups excluding carboxylic acids is 1. The molecule has 1 N–H and O–H groups in total. The highest BCUT2D eigenvalue weighted by Crippen LogP contribution is 2.19. The molecule has 1 saturated heterocycles. The minimum atomic E-state index is -0.763. The highest BCUT2D eigenvalue weighted by atomic mass is 16.4. The molecule has 0 radical (unpaired) electrons. The van der Waals surface area contributed by atoms with Crippen LogP contribution in [-0.2, 0) is 11.3 Å². The number of rotatable bonds is 4. The SMILES string of the molecule is O=C(O)C1CCN(C(=O)c2ccc(Cn3ccnc3)cc2)CC1. The molecule has 2 aromatic rings. The fraction of sp³-hybridized carbons (Fsp3) is 0.353. The maximum Gasteiger partial charge on any atom is 0.306 e. The molecule has 0 atom stereocenters. The monoisotopic (exact) mass is 313 g/mol. The Morgan fingerprint density at radius 3 is 2.43 bits per heavy atom. The number of imidazole rings is 1. The van der Waals surface area contributed by atoms with E-state index in [4.69, 9.17) is 5.11 Å². The number of likely N-dealkylation sites (tertiary alicyclic amines) is 1. The quantitative estimate of drug-likeness (QED) is 0.935. The maximum absolute atomic E-state index is 12.5. The number of piperidine rings is 1. The summed E-state index contributed by atoms with van der Waals surface area (Å²) in [7, 11) is 0. The third-order valence-corrected chi connectivity index (χ3v) is 4.26. The number of aromatic nitrogens is 2. The zero-order chi connectivity index (χ0) is 16.2. The van der Waals surface area contributed by atoms with Crippen LogP contribution in [0.25, 0.3) is 0 Å². The van der Waals surface area contributed by atoms with Crippen molar-refractivity contribution in [2.24, 2.45) is 5.92 Å². The van der Waals surface area contributed by atoms with Gasteiger partial charge in [0.1, 0.15) is 0 Å². The molecule has 1 aromatic heterocycles. The first-order valence-corrected chi connectivity index (χ1v) is 7.70. The molecule has 1 amide bonds. The van der Waals surface area contributed by atoms with E-state index in [1.54, 1.807) is 17.4 Å². The molecule has 6 nitrogen and oxygen atoms in total. The summed E-state index contributed by atoms with van der Waals surface area (Å²) in [4.78, 5) is 29.2. The van der Waals surface area contributed by atoms with Gasteiger partial charge in [-0.3, -0.25) is 9.59 Å². The van der Waals surface area contributed by atoms with Gasteiger partial charge in [-0.25, -0.2) is 4.98 Å². The average molecular weight is 313 g/mol. The van der Waals surface area contributed by atoms with Gasteiger partial charge in [-0.2, -0.15) is 0 Å². The van der Waals surface area contributed by atoms with Gasteiger partial charge in [0.25, 0.3) is 5.91 Å². The van der Waals surface area contributed by atoms with Gasteiger partial charge in [-0.05, 0) is 30.5 Å². The Hall–Kier alpha value is -2.63. The normalized spacial score (nSPS) is 15.6. The third-order valence-electron chi connectivity index (χ3n) is 4.26. The summed E-state index contributed by atoms with van der Waals surface area (Å²) in [5.41, 5.74) is 1.75. The van der Waals surface area contributed by atoms with Crippen LogP contribution < -0.4 is 0 Å². The van der Waals surface area contributed by atoms with Gasteiger partial charge in [0, 0.05) is 37.6 Å². The summed E-state index contributed by atoms with van der Waals surface area (Å²) in [6.07, 6.45) is 6.44. The summed E-state index contributed by atoms with van der Waals surface area (Å²) in [6.45, 7) is 1.73. The van der Waals surface area contributed by atoms with Crippen molar-refractivity contribution < 1.29 is 14.7 Å². The minimum absolute atomic E-state index is 0.0250. The highest BCUT2D eigenvalue weighted by Gasteiger charge is 2.27. The van der Waals surface area contributed by atoms with Crippen LogP contribution >= 0.6 is 0 Å². The average Bonchev–Trinajstić information content (AvgIpc) is 3.08. The van der Waals surface area contributed by atoms with Crippen molar-refractivity contribution in [1.29, 1.82) is 0 Å². The number of hydrogen-bond acceptors (Lipinski definition) is 3. The van der Waals surface area contributed by atoms with Gasteiger partial charge < -0.3 is 14.6 Å². The molecular weight excluding hydrogens is 294 g/mol. The second kappa shape index (κ2) is 6.64. The molecular formula is C17H19N3O3. The topological polar surface area (TPSA) is 75.4 Å². The van der Waals surface area contributed by atoms with E-state index in [2.05, 4.69) is 4.98 Å². The molecule has 1 aliphatic rings. The first-order valence-electron chi connectivity index (χ1n) is 7.70. The van der Waals surface area contributed by atoms with Crippen LogP contribution in [0.5, 0.6) is 0 Å². The van der Waals surface area contributed by atoms with Crippen molar-refractivity contribution in [2.75, 3.05) is 13.1 Å². The number of nitrogens with zero attached hydrogens (tertiary/aromatic N) is 3. The van der Waals surface area contributed by atoms with Crippen LogP contribution in [0.3, 0.4) is 0 Å². The van der Waals surface area contributed by atoms with Gasteiger partial charge in [0.05, 0.1) is 12.2 Å². The van der Waals surface area contributed by atoms with Crippen LogP contribution in [0, 0.1) is 5.92 Å². The Labute approximate surface area is 134 Å². The third kappa shape index (κ3) is 3.59. The van der Waals surface area contributed by atoms with Crippen molar-refractivity contribution in [3.05, 3.63) is 54.1 Å². The van der Waals surface area contributed by atoms with Crippen molar-refractivity contribution in [2.45, 2.75) is 19.4 Å². The van der Waals surface area contributed by atoms with E-state index in [9.17, 15) is 9.59 Å². The van der Waals surface area contributed by atoms with Crippen molar-refractivity contribution >= 4 is 11.9 Å². The first kappa shape index (κ1) is 15.3. The number of amides is 1. The van der Waals surface area contributed by atoms with Crippen LogP contribution in [0.1, 0.15) is 28.8 Å². The van der Waals surface area contributed by atoms with Gasteiger partial charge in [0.15, 0.2) is 0 Å². The predicted molar refractivity (Wildman–Crippen MR) is 84.0 cm³/mol. The Bertz CT molecular complexity index is 672. The molecule has 3 rings (SSSR count). The Morgan fingerprint density at radius 1 is 1.17 bits per heavy atom. The van der Waals surface area contributed by atoms with E-state index >= 15 is 0 Å². The molecule has 2 heterocycles. The zero-order valence-electron chi connectivity index (χ0n) is 12.8. The lowest BCUT2D eigenvalue weighted by molar-refractivity contribution is -0.143. The fourth-order valence-corrected chi connectivity index (χ4v) is 2.86. The number of benzene rings is 1. The molecule has 1 fully saturated rings. The van der Waals surface area contributed by atoms with Crippen LogP contribution in [0.2, 0.25) is 0 Å². The van der Waals surface area contributed by atoms with Crippen LogP contribution in [-0.4, -0.2) is 44.5 Å². The molecule has 0 bridgehead atoms. The van der Waals surface area contributed by atoms with E-state index in [1.807, 2.05) is 35.0 Å². The lowest BCUT2D eigenvalue weighted by Crippen LogP contribution is -2.40. The number of carboxylic acids is 1. The smallest absolute Gasteiger partial charge is 0.306 e. The lowest BCUT2D eigenvalue weighted by atomic mass is 9.96. The fourth-order valence-electron chi connectivity index (χ4n) is 2.86. The van der Waals surface area contributed by atoms with E-state index in [-0.39, 0.29) is 11.8 Å². The summed E-state index contributed by atoms with van der Waals surface area (Å²) < 4.78 is 1.97. The van der Waals surface area contributed by atoms with Crippen molar-refractivity contribution in [1.82, 2.24) is 14.5 Å². The summed E-state index contributed by atoms with van der Waals surface area (Å²) in [6, 6.07) is 7.55. The van der Waals surface area contributed by atoms with E-state index in [0.29, 0.717) is 31.5 Å². The Balaban J connectivity index is 1.61. The molecule has 0 spiro atoms. The van der Waals surface area contributed by atoms with Gasteiger partial charge in [-0.1, -0.05) is 12.1 Å². The first-order chi connectivity index (χ1) is 11.1. The number of carboxylic acid groups (broad SMARTS) is 1. The summed E-state index contributed by atoms with van der Waals surface area (Å²) >= 11 is 0. The Morgan fingerprint density at radius 2 is 1.87 bits per heavy atom. The zero-order valence-corrected chi connectivity index (χ0v) is 12.8. The van der Waals surface area contributed by atoms with Crippen molar-refractivity contribution in [3.63, 3.8) is 0 Å². The summed E-state index contributed by atoms with van der Waals surface area (Å²) in [5.74, 6) is -1.11. The number of hydrogen-bond donors (Lipinski definition) is 1. The predicted octanol–water partition coefficient (Wildman–Crippen LogP) is 1.87. The summed E-state index contributed by atoms with van der Waals surface area (Å²) in [5, 5.41) is 9.01. The molecule has 0 unspecified atom stereocenters. The molecule has 23 heavy (non-hydrogen) atoms. The standard InChI is InChI=1S/C17H19N3O3/c21-16(20-8-5-15(6-9-20)17(22)23)14-3-1-13(2-4-14)11-19-10-7-18-12-19/h1-4,7,10,12,15H,5-6,8-9,11H2,(H,22,23).